The number of hydrogen-bond donors (Lipinski definition) is 3. The van der Waals surface area contributed by atoms with Crippen molar-refractivity contribution in [2.75, 3.05) is 18.1 Å². The number of fused-ring (bicyclic) bond motifs is 1. The van der Waals surface area contributed by atoms with Crippen molar-refractivity contribution < 1.29 is 0 Å². The van der Waals surface area contributed by atoms with Crippen LogP contribution >= 0.6 is 0 Å². The molecule has 27 heavy (non-hydrogen) atoms. The first-order valence-corrected chi connectivity index (χ1v) is 8.89. The Kier molecular flexibility index (Phi) is 4.24. The number of anilines is 2. The number of hydrogen-bond acceptors (Lipinski definition) is 6. The van der Waals surface area contributed by atoms with E-state index in [1.165, 1.54) is 11.8 Å². The highest BCUT2D eigenvalue weighted by molar-refractivity contribution is 6.09. The third-order valence-corrected chi connectivity index (χ3v) is 4.93. The lowest BCUT2D eigenvalue weighted by Crippen LogP contribution is -2.21. The Bertz CT molecular complexity index is 1050. The second kappa shape index (κ2) is 6.72. The van der Waals surface area contributed by atoms with Gasteiger partial charge in [0.1, 0.15) is 0 Å². The number of rotatable bonds is 5. The van der Waals surface area contributed by atoms with Crippen molar-refractivity contribution in [3.05, 3.63) is 66.1 Å². The molecule has 0 bridgehead atoms. The molecule has 1 aromatic carbocycles. The molecule has 1 aliphatic carbocycles. The van der Waals surface area contributed by atoms with Gasteiger partial charge in [-0.3, -0.25) is 9.98 Å². The summed E-state index contributed by atoms with van der Waals surface area (Å²) in [4.78, 5) is 13.1. The summed E-state index contributed by atoms with van der Waals surface area (Å²) in [6, 6.07) is 14.1. The fourth-order valence-corrected chi connectivity index (χ4v) is 3.28. The van der Waals surface area contributed by atoms with Gasteiger partial charge in [-0.25, -0.2) is 4.98 Å². The normalized spacial score (nSPS) is 16.0. The van der Waals surface area contributed by atoms with Crippen LogP contribution in [0.25, 0.3) is 16.5 Å². The zero-order valence-electron chi connectivity index (χ0n) is 15.2. The van der Waals surface area contributed by atoms with E-state index in [1.807, 2.05) is 24.4 Å². The predicted octanol–water partition coefficient (Wildman–Crippen LogP) is 3.31. The average molecular weight is 358 g/mol. The third-order valence-electron chi connectivity index (χ3n) is 4.93. The Morgan fingerprint density at radius 3 is 2.81 bits per heavy atom. The number of nitrogen functional groups attached to an aromatic ring is 1. The summed E-state index contributed by atoms with van der Waals surface area (Å²) in [5.41, 5.74) is 16.1. The van der Waals surface area contributed by atoms with Crippen LogP contribution in [0, 0.1) is 0 Å². The van der Waals surface area contributed by atoms with E-state index in [9.17, 15) is 0 Å². The predicted molar refractivity (Wildman–Crippen MR) is 112 cm³/mol. The maximum Gasteiger partial charge on any atom is 0.150 e. The van der Waals surface area contributed by atoms with Gasteiger partial charge in [-0.05, 0) is 48.7 Å². The number of aromatic nitrogens is 2. The molecular weight excluding hydrogens is 336 g/mol. The summed E-state index contributed by atoms with van der Waals surface area (Å²) >= 11 is 0. The van der Waals surface area contributed by atoms with Crippen LogP contribution in [-0.2, 0) is 5.54 Å². The fourth-order valence-electron chi connectivity index (χ4n) is 3.28. The Balaban J connectivity index is 1.68. The molecule has 0 radical (unpaired) electrons. The second-order valence-corrected chi connectivity index (χ2v) is 6.76. The summed E-state index contributed by atoms with van der Waals surface area (Å²) in [5.74, 6) is 0.667. The summed E-state index contributed by atoms with van der Waals surface area (Å²) < 4.78 is 0. The molecule has 0 atom stereocenters. The highest BCUT2D eigenvalue weighted by Crippen LogP contribution is 2.49. The molecule has 0 amide bonds. The SMILES string of the molecule is CN=CC(=CN)c1ccc(N)c(NC2(c3ccc4ncccc4c3)CC2)n1. The Hall–Kier alpha value is -3.41. The Morgan fingerprint density at radius 1 is 1.22 bits per heavy atom. The molecule has 0 unspecified atom stereocenters. The van der Waals surface area contributed by atoms with Gasteiger partial charge >= 0.3 is 0 Å². The molecular formula is C21H22N6. The average Bonchev–Trinajstić information content (AvgIpc) is 3.48. The lowest BCUT2D eigenvalue weighted by atomic mass is 10.0. The lowest BCUT2D eigenvalue weighted by Gasteiger charge is -2.21. The minimum atomic E-state index is -0.144. The van der Waals surface area contributed by atoms with Gasteiger partial charge in [0.2, 0.25) is 0 Å². The molecule has 1 saturated carbocycles. The van der Waals surface area contributed by atoms with Crippen molar-refractivity contribution in [1.29, 1.82) is 0 Å². The molecule has 1 aliphatic rings. The number of nitrogens with one attached hydrogen (secondary N) is 1. The number of allylic oxidation sites excluding steroid dienone is 1. The lowest BCUT2D eigenvalue weighted by molar-refractivity contribution is 0.802. The minimum absolute atomic E-state index is 0.144. The number of pyridine rings is 2. The fraction of sp³-hybridized carbons (Fsp3) is 0.190. The Labute approximate surface area is 158 Å². The second-order valence-electron chi connectivity index (χ2n) is 6.76. The van der Waals surface area contributed by atoms with Gasteiger partial charge in [0.05, 0.1) is 22.4 Å². The van der Waals surface area contributed by atoms with Gasteiger partial charge in [0.25, 0.3) is 0 Å². The maximum absolute atomic E-state index is 6.19. The molecule has 1 fully saturated rings. The number of benzene rings is 1. The van der Waals surface area contributed by atoms with E-state index in [1.54, 1.807) is 13.3 Å². The van der Waals surface area contributed by atoms with Crippen LogP contribution in [0.15, 0.2) is 59.9 Å². The zero-order chi connectivity index (χ0) is 18.9. The van der Waals surface area contributed by atoms with Gasteiger partial charge < -0.3 is 16.8 Å². The zero-order valence-corrected chi connectivity index (χ0v) is 15.2. The number of aliphatic imine (C=N–C) groups is 1. The molecule has 0 aliphatic heterocycles. The summed E-state index contributed by atoms with van der Waals surface area (Å²) in [7, 11) is 1.70. The molecule has 2 aromatic heterocycles. The first-order valence-electron chi connectivity index (χ1n) is 8.89. The monoisotopic (exact) mass is 358 g/mol. The van der Waals surface area contributed by atoms with E-state index in [0.717, 1.165) is 35.0 Å². The van der Waals surface area contributed by atoms with Crippen LogP contribution in [0.5, 0.6) is 0 Å². The third kappa shape index (κ3) is 3.21. The first kappa shape index (κ1) is 17.0. The van der Waals surface area contributed by atoms with Gasteiger partial charge in [-0.15, -0.1) is 0 Å². The van der Waals surface area contributed by atoms with Crippen molar-refractivity contribution >= 4 is 34.2 Å². The first-order chi connectivity index (χ1) is 13.1. The van der Waals surface area contributed by atoms with Crippen LogP contribution < -0.4 is 16.8 Å². The van der Waals surface area contributed by atoms with E-state index in [0.29, 0.717) is 11.5 Å². The van der Waals surface area contributed by atoms with Crippen molar-refractivity contribution in [2.45, 2.75) is 18.4 Å². The molecule has 6 nitrogen and oxygen atoms in total. The molecule has 4 rings (SSSR count). The minimum Gasteiger partial charge on any atom is -0.404 e. The van der Waals surface area contributed by atoms with E-state index in [2.05, 4.69) is 44.5 Å². The van der Waals surface area contributed by atoms with Gasteiger partial charge in [-0.1, -0.05) is 12.1 Å². The van der Waals surface area contributed by atoms with Crippen LogP contribution in [0.1, 0.15) is 24.1 Å². The molecule has 136 valence electrons. The smallest absolute Gasteiger partial charge is 0.150 e. The summed E-state index contributed by atoms with van der Waals surface area (Å²) in [5, 5.41) is 4.70. The van der Waals surface area contributed by atoms with Gasteiger partial charge in [0, 0.05) is 36.6 Å². The van der Waals surface area contributed by atoms with Gasteiger partial charge in [0.15, 0.2) is 5.82 Å². The van der Waals surface area contributed by atoms with Crippen LogP contribution in [-0.4, -0.2) is 23.2 Å². The molecule has 5 N–H and O–H groups in total. The summed E-state index contributed by atoms with van der Waals surface area (Å²) in [6.07, 6.45) is 7.05. The molecule has 6 heteroatoms. The van der Waals surface area contributed by atoms with Crippen molar-refractivity contribution in [3.8, 4) is 0 Å². The van der Waals surface area contributed by atoms with E-state index in [-0.39, 0.29) is 5.54 Å². The van der Waals surface area contributed by atoms with Crippen LogP contribution in [0.2, 0.25) is 0 Å². The van der Waals surface area contributed by atoms with Crippen LogP contribution in [0.4, 0.5) is 11.5 Å². The standard InChI is InChI=1S/C21H22N6/c1-24-13-15(12-22)19-7-5-17(23)20(26-19)27-21(8-9-21)16-4-6-18-14(11-16)3-2-10-25-18/h2-7,10-13H,8-9,22-23H2,1H3,(H,26,27). The van der Waals surface area contributed by atoms with Crippen LogP contribution in [0.3, 0.4) is 0 Å². The molecule has 2 heterocycles. The molecule has 3 aromatic rings. The van der Waals surface area contributed by atoms with E-state index in [4.69, 9.17) is 11.5 Å². The van der Waals surface area contributed by atoms with Crippen molar-refractivity contribution in [2.24, 2.45) is 10.7 Å². The Morgan fingerprint density at radius 2 is 2.07 bits per heavy atom. The molecule has 0 saturated heterocycles. The van der Waals surface area contributed by atoms with Gasteiger partial charge in [-0.2, -0.15) is 0 Å². The topological polar surface area (TPSA) is 102 Å². The number of nitrogens with zero attached hydrogens (tertiary/aromatic N) is 3. The summed E-state index contributed by atoms with van der Waals surface area (Å²) in [6.45, 7) is 0. The largest absolute Gasteiger partial charge is 0.404 e. The quantitative estimate of drug-likeness (QED) is 0.607. The highest BCUT2D eigenvalue weighted by atomic mass is 15.1. The van der Waals surface area contributed by atoms with Crippen molar-refractivity contribution in [1.82, 2.24) is 9.97 Å². The van der Waals surface area contributed by atoms with E-state index >= 15 is 0 Å². The number of nitrogens with two attached hydrogens (primary N) is 2. The van der Waals surface area contributed by atoms with Crippen molar-refractivity contribution in [3.63, 3.8) is 0 Å². The van der Waals surface area contributed by atoms with E-state index < -0.39 is 0 Å². The maximum atomic E-state index is 6.19. The molecule has 0 spiro atoms. The highest BCUT2D eigenvalue weighted by Gasteiger charge is 2.45.